The molecule has 1 aliphatic heterocycles. The van der Waals surface area contributed by atoms with Crippen LogP contribution < -0.4 is 15.9 Å². The van der Waals surface area contributed by atoms with Crippen LogP contribution in [0.3, 0.4) is 0 Å². The van der Waals surface area contributed by atoms with Gasteiger partial charge in [0, 0.05) is 49.6 Å². The standard InChI is InChI=1S/C21H24ClN5O2/c1-14-11-16(4-5-17(14)22)26-7-9-27(10-8-26)20(28)13-23-15-3-6-18-19(12-15)25(2)21(29)24-18/h3-6,11-12,23H,7-10,13H2,1-2H3,(H,24,29). The molecule has 1 aromatic heterocycles. The predicted molar refractivity (Wildman–Crippen MR) is 117 cm³/mol. The molecule has 4 rings (SSSR count). The van der Waals surface area contributed by atoms with E-state index in [1.165, 1.54) is 0 Å². The Morgan fingerprint density at radius 2 is 1.90 bits per heavy atom. The SMILES string of the molecule is Cc1cc(N2CCN(C(=O)CNc3ccc4[nH]c(=O)n(C)c4c3)CC2)ccc1Cl. The number of nitrogens with one attached hydrogen (secondary N) is 2. The Labute approximate surface area is 173 Å². The minimum Gasteiger partial charge on any atom is -0.376 e. The van der Waals surface area contributed by atoms with Crippen molar-refractivity contribution in [3.8, 4) is 0 Å². The number of benzene rings is 2. The number of carbonyl (C=O) groups excluding carboxylic acids is 1. The van der Waals surface area contributed by atoms with Crippen LogP contribution in [0.1, 0.15) is 5.56 Å². The molecular weight excluding hydrogens is 390 g/mol. The fourth-order valence-corrected chi connectivity index (χ4v) is 3.78. The normalized spacial score (nSPS) is 14.4. The number of amides is 1. The van der Waals surface area contributed by atoms with Gasteiger partial charge in [0.25, 0.3) is 0 Å². The lowest BCUT2D eigenvalue weighted by Gasteiger charge is -2.36. The van der Waals surface area contributed by atoms with Crippen LogP contribution in [0.4, 0.5) is 11.4 Å². The minimum atomic E-state index is -0.151. The van der Waals surface area contributed by atoms with Crippen molar-refractivity contribution < 1.29 is 4.79 Å². The summed E-state index contributed by atoms with van der Waals surface area (Å²) in [4.78, 5) is 31.3. The maximum atomic E-state index is 12.6. The summed E-state index contributed by atoms with van der Waals surface area (Å²) in [6, 6.07) is 11.6. The highest BCUT2D eigenvalue weighted by Gasteiger charge is 2.21. The Balaban J connectivity index is 1.33. The zero-order valence-electron chi connectivity index (χ0n) is 16.5. The van der Waals surface area contributed by atoms with Crippen molar-refractivity contribution in [2.75, 3.05) is 42.9 Å². The van der Waals surface area contributed by atoms with E-state index in [-0.39, 0.29) is 18.1 Å². The summed E-state index contributed by atoms with van der Waals surface area (Å²) in [7, 11) is 1.72. The summed E-state index contributed by atoms with van der Waals surface area (Å²) < 4.78 is 1.56. The number of aryl methyl sites for hydroxylation is 2. The predicted octanol–water partition coefficient (Wildman–Crippen LogP) is 2.59. The van der Waals surface area contributed by atoms with E-state index in [4.69, 9.17) is 11.6 Å². The number of piperazine rings is 1. The van der Waals surface area contributed by atoms with Gasteiger partial charge in [-0.1, -0.05) is 11.6 Å². The molecule has 1 saturated heterocycles. The smallest absolute Gasteiger partial charge is 0.326 e. The van der Waals surface area contributed by atoms with E-state index in [0.29, 0.717) is 13.1 Å². The van der Waals surface area contributed by atoms with Crippen molar-refractivity contribution in [3.05, 3.63) is 57.5 Å². The van der Waals surface area contributed by atoms with Gasteiger partial charge in [-0.2, -0.15) is 0 Å². The molecule has 2 aromatic carbocycles. The lowest BCUT2D eigenvalue weighted by Crippen LogP contribution is -2.50. The first-order valence-corrected chi connectivity index (χ1v) is 10.0. The Morgan fingerprint density at radius 3 is 2.62 bits per heavy atom. The van der Waals surface area contributed by atoms with Crippen molar-refractivity contribution in [1.82, 2.24) is 14.5 Å². The van der Waals surface area contributed by atoms with Gasteiger partial charge >= 0.3 is 5.69 Å². The lowest BCUT2D eigenvalue weighted by atomic mass is 10.2. The Kier molecular flexibility index (Phi) is 5.24. The number of hydrogen-bond donors (Lipinski definition) is 2. The molecule has 0 atom stereocenters. The van der Waals surface area contributed by atoms with Crippen LogP contribution in [0.25, 0.3) is 11.0 Å². The number of aromatic nitrogens is 2. The fourth-order valence-electron chi connectivity index (χ4n) is 3.66. The molecule has 2 N–H and O–H groups in total. The number of aromatic amines is 1. The van der Waals surface area contributed by atoms with Crippen molar-refractivity contribution in [3.63, 3.8) is 0 Å². The Bertz CT molecular complexity index is 1110. The second-order valence-corrected chi connectivity index (χ2v) is 7.78. The van der Waals surface area contributed by atoms with Crippen molar-refractivity contribution in [2.45, 2.75) is 6.92 Å². The van der Waals surface area contributed by atoms with E-state index in [0.717, 1.165) is 46.1 Å². The van der Waals surface area contributed by atoms with E-state index in [1.54, 1.807) is 11.6 Å². The molecule has 0 radical (unpaired) electrons. The summed E-state index contributed by atoms with van der Waals surface area (Å²) in [5.74, 6) is 0.0694. The highest BCUT2D eigenvalue weighted by Crippen LogP contribution is 2.23. The quantitative estimate of drug-likeness (QED) is 0.689. The second-order valence-electron chi connectivity index (χ2n) is 7.38. The Morgan fingerprint density at radius 1 is 1.14 bits per heavy atom. The third kappa shape index (κ3) is 3.96. The van der Waals surface area contributed by atoms with Crippen LogP contribution in [0.15, 0.2) is 41.2 Å². The number of halogens is 1. The average Bonchev–Trinajstić information content (AvgIpc) is 3.02. The molecule has 1 amide bonds. The maximum absolute atomic E-state index is 12.6. The van der Waals surface area contributed by atoms with Crippen molar-refractivity contribution >= 4 is 39.9 Å². The van der Waals surface area contributed by atoms with Crippen molar-refractivity contribution in [2.24, 2.45) is 7.05 Å². The highest BCUT2D eigenvalue weighted by molar-refractivity contribution is 6.31. The number of rotatable bonds is 4. The van der Waals surface area contributed by atoms with Gasteiger partial charge in [-0.3, -0.25) is 9.36 Å². The number of hydrogen-bond acceptors (Lipinski definition) is 4. The molecule has 2 heterocycles. The molecule has 29 heavy (non-hydrogen) atoms. The summed E-state index contributed by atoms with van der Waals surface area (Å²) in [5, 5.41) is 3.95. The first-order chi connectivity index (χ1) is 13.9. The molecule has 0 aliphatic carbocycles. The molecule has 3 aromatic rings. The number of carbonyl (C=O) groups is 1. The highest BCUT2D eigenvalue weighted by atomic mass is 35.5. The molecule has 0 spiro atoms. The van der Waals surface area contributed by atoms with E-state index < -0.39 is 0 Å². The van der Waals surface area contributed by atoms with Gasteiger partial charge in [0.1, 0.15) is 0 Å². The van der Waals surface area contributed by atoms with Crippen LogP contribution in [0.2, 0.25) is 5.02 Å². The molecule has 1 fully saturated rings. The minimum absolute atomic E-state index is 0.0694. The number of nitrogens with zero attached hydrogens (tertiary/aromatic N) is 3. The zero-order chi connectivity index (χ0) is 20.5. The second kappa shape index (κ2) is 7.83. The number of H-pyrrole nitrogens is 1. The summed E-state index contributed by atoms with van der Waals surface area (Å²) in [6.07, 6.45) is 0. The van der Waals surface area contributed by atoms with Crippen molar-refractivity contribution in [1.29, 1.82) is 0 Å². The first kappa shape index (κ1) is 19.4. The summed E-state index contributed by atoms with van der Waals surface area (Å²) in [5.41, 5.74) is 4.45. The van der Waals surface area contributed by atoms with Gasteiger partial charge < -0.3 is 20.1 Å². The van der Waals surface area contributed by atoms with Gasteiger partial charge in [-0.25, -0.2) is 4.79 Å². The molecule has 1 aliphatic rings. The van der Waals surface area contributed by atoms with Crippen LogP contribution in [-0.2, 0) is 11.8 Å². The zero-order valence-corrected chi connectivity index (χ0v) is 17.3. The molecular formula is C21H24ClN5O2. The molecule has 152 valence electrons. The van der Waals surface area contributed by atoms with Crippen LogP contribution >= 0.6 is 11.6 Å². The summed E-state index contributed by atoms with van der Waals surface area (Å²) >= 11 is 6.11. The number of imidazole rings is 1. The summed E-state index contributed by atoms with van der Waals surface area (Å²) in [6.45, 7) is 5.19. The van der Waals surface area contributed by atoms with E-state index in [2.05, 4.69) is 21.3 Å². The van der Waals surface area contributed by atoms with E-state index in [1.807, 2.05) is 42.2 Å². The van der Waals surface area contributed by atoms with Gasteiger partial charge in [0.15, 0.2) is 0 Å². The van der Waals surface area contributed by atoms with Crippen LogP contribution in [-0.4, -0.2) is 53.1 Å². The molecule has 0 saturated carbocycles. The van der Waals surface area contributed by atoms with Gasteiger partial charge in [-0.15, -0.1) is 0 Å². The van der Waals surface area contributed by atoms with E-state index >= 15 is 0 Å². The topological polar surface area (TPSA) is 73.4 Å². The number of anilines is 2. The average molecular weight is 414 g/mol. The third-order valence-corrected chi connectivity index (χ3v) is 5.91. The van der Waals surface area contributed by atoms with Gasteiger partial charge in [0.2, 0.25) is 5.91 Å². The van der Waals surface area contributed by atoms with Gasteiger partial charge in [0.05, 0.1) is 17.6 Å². The molecule has 0 bridgehead atoms. The molecule has 0 unspecified atom stereocenters. The number of fused-ring (bicyclic) bond motifs is 1. The van der Waals surface area contributed by atoms with Crippen LogP contribution in [0.5, 0.6) is 0 Å². The Hall–Kier alpha value is -2.93. The first-order valence-electron chi connectivity index (χ1n) is 9.64. The monoisotopic (exact) mass is 413 g/mol. The largest absolute Gasteiger partial charge is 0.376 e. The van der Waals surface area contributed by atoms with E-state index in [9.17, 15) is 9.59 Å². The fraction of sp³-hybridized carbons (Fsp3) is 0.333. The molecule has 7 nitrogen and oxygen atoms in total. The van der Waals surface area contributed by atoms with Gasteiger partial charge in [-0.05, 0) is 48.9 Å². The molecule has 8 heteroatoms. The lowest BCUT2D eigenvalue weighted by molar-refractivity contribution is -0.129. The maximum Gasteiger partial charge on any atom is 0.326 e. The third-order valence-electron chi connectivity index (χ3n) is 5.49. The van der Waals surface area contributed by atoms with Crippen LogP contribution in [0, 0.1) is 6.92 Å².